The molecule has 1 aliphatic carbocycles. The largest absolute Gasteiger partial charge is 0.456 e. The van der Waals surface area contributed by atoms with E-state index >= 15 is 0 Å². The molecule has 11 aromatic rings. The van der Waals surface area contributed by atoms with E-state index in [1.54, 1.807) is 0 Å². The van der Waals surface area contributed by atoms with Crippen LogP contribution in [0.2, 0.25) is 0 Å². The van der Waals surface area contributed by atoms with Crippen molar-refractivity contribution in [3.05, 3.63) is 205 Å². The molecule has 0 atom stereocenters. The standard InChI is InChI=1S/C57H38N2O/c1-57(2)49-21-12-20-46(55(49)48-31-36-15-6-7-16-37(36)33-50(48)57)52-34-51(58-56(59-52)35-13-4-3-5-14-35)42-26-24-38-29-40(25-23-39(38)30-42)43-17-8-9-18-44(43)41-27-28-54-47(32-41)45-19-10-11-22-53(45)60-54/h3-34H,1-2H3. The van der Waals surface area contributed by atoms with Crippen molar-refractivity contribution in [3.8, 4) is 67.3 Å². The fourth-order valence-electron chi connectivity index (χ4n) is 9.59. The van der Waals surface area contributed by atoms with Crippen molar-refractivity contribution in [3.63, 3.8) is 0 Å². The molecule has 0 bridgehead atoms. The maximum Gasteiger partial charge on any atom is 0.160 e. The topological polar surface area (TPSA) is 38.9 Å². The molecule has 60 heavy (non-hydrogen) atoms. The molecular weight excluding hydrogens is 729 g/mol. The number of benzene rings is 9. The van der Waals surface area contributed by atoms with Gasteiger partial charge in [0.25, 0.3) is 0 Å². The Morgan fingerprint density at radius 3 is 1.78 bits per heavy atom. The number of hydrogen-bond acceptors (Lipinski definition) is 3. The molecule has 3 nitrogen and oxygen atoms in total. The van der Waals surface area contributed by atoms with Gasteiger partial charge in [-0.25, -0.2) is 9.97 Å². The third-order valence-corrected chi connectivity index (χ3v) is 12.7. The molecule has 2 heterocycles. The summed E-state index contributed by atoms with van der Waals surface area (Å²) in [6.45, 7) is 4.69. The van der Waals surface area contributed by atoms with Gasteiger partial charge in [-0.05, 0) is 115 Å². The zero-order chi connectivity index (χ0) is 40.0. The predicted molar refractivity (Wildman–Crippen MR) is 249 cm³/mol. The molecule has 3 heteroatoms. The van der Waals surface area contributed by atoms with Gasteiger partial charge < -0.3 is 4.42 Å². The molecule has 2 aromatic heterocycles. The monoisotopic (exact) mass is 766 g/mol. The predicted octanol–water partition coefficient (Wildman–Crippen LogP) is 15.3. The summed E-state index contributed by atoms with van der Waals surface area (Å²) in [7, 11) is 0. The van der Waals surface area contributed by atoms with E-state index in [2.05, 4.69) is 190 Å². The second kappa shape index (κ2) is 13.2. The van der Waals surface area contributed by atoms with Crippen LogP contribution < -0.4 is 0 Å². The van der Waals surface area contributed by atoms with Crippen molar-refractivity contribution >= 4 is 43.5 Å². The van der Waals surface area contributed by atoms with Gasteiger partial charge in [0, 0.05) is 32.9 Å². The van der Waals surface area contributed by atoms with Crippen molar-refractivity contribution < 1.29 is 4.42 Å². The number of aromatic nitrogens is 2. The summed E-state index contributed by atoms with van der Waals surface area (Å²) >= 11 is 0. The quantitative estimate of drug-likeness (QED) is 0.175. The number of fused-ring (bicyclic) bond motifs is 8. The Morgan fingerprint density at radius 2 is 0.967 bits per heavy atom. The number of para-hydroxylation sites is 1. The minimum Gasteiger partial charge on any atom is -0.456 e. The molecule has 0 fully saturated rings. The lowest BCUT2D eigenvalue weighted by Crippen LogP contribution is -2.14. The van der Waals surface area contributed by atoms with Gasteiger partial charge in [-0.15, -0.1) is 0 Å². The lowest BCUT2D eigenvalue weighted by Gasteiger charge is -2.22. The van der Waals surface area contributed by atoms with Crippen LogP contribution in [-0.4, -0.2) is 9.97 Å². The molecular formula is C57H38N2O. The fourth-order valence-corrected chi connectivity index (χ4v) is 9.59. The van der Waals surface area contributed by atoms with Crippen LogP contribution in [0.4, 0.5) is 0 Å². The minimum absolute atomic E-state index is 0.150. The van der Waals surface area contributed by atoms with Crippen molar-refractivity contribution in [2.45, 2.75) is 19.3 Å². The second-order valence-corrected chi connectivity index (χ2v) is 16.6. The van der Waals surface area contributed by atoms with E-state index in [0.717, 1.165) is 55.4 Å². The Bertz CT molecular complexity index is 3520. The highest BCUT2D eigenvalue weighted by atomic mass is 16.3. The Balaban J connectivity index is 0.969. The van der Waals surface area contributed by atoms with Crippen LogP contribution in [0.5, 0.6) is 0 Å². The van der Waals surface area contributed by atoms with E-state index in [9.17, 15) is 0 Å². The van der Waals surface area contributed by atoms with Crippen molar-refractivity contribution in [1.82, 2.24) is 9.97 Å². The van der Waals surface area contributed by atoms with Crippen LogP contribution >= 0.6 is 0 Å². The highest BCUT2D eigenvalue weighted by Crippen LogP contribution is 2.53. The first-order valence-corrected chi connectivity index (χ1v) is 20.6. The molecule has 0 radical (unpaired) electrons. The van der Waals surface area contributed by atoms with Gasteiger partial charge in [0.15, 0.2) is 5.82 Å². The highest BCUT2D eigenvalue weighted by molar-refractivity contribution is 6.07. The maximum atomic E-state index is 6.15. The summed E-state index contributed by atoms with van der Waals surface area (Å²) in [5.74, 6) is 0.713. The van der Waals surface area contributed by atoms with E-state index in [-0.39, 0.29) is 5.41 Å². The smallest absolute Gasteiger partial charge is 0.160 e. The van der Waals surface area contributed by atoms with Crippen LogP contribution in [0.3, 0.4) is 0 Å². The van der Waals surface area contributed by atoms with Crippen LogP contribution in [0.1, 0.15) is 25.0 Å². The lowest BCUT2D eigenvalue weighted by molar-refractivity contribution is 0.661. The first-order valence-electron chi connectivity index (χ1n) is 20.6. The third-order valence-electron chi connectivity index (χ3n) is 12.7. The van der Waals surface area contributed by atoms with Gasteiger partial charge in [-0.1, -0.05) is 159 Å². The molecule has 0 saturated carbocycles. The van der Waals surface area contributed by atoms with E-state index in [1.807, 2.05) is 18.2 Å². The number of furan rings is 1. The van der Waals surface area contributed by atoms with Crippen LogP contribution in [0.15, 0.2) is 199 Å². The Labute approximate surface area is 348 Å². The zero-order valence-electron chi connectivity index (χ0n) is 33.3. The molecule has 0 spiro atoms. The summed E-state index contributed by atoms with van der Waals surface area (Å²) in [5.41, 5.74) is 16.6. The first kappa shape index (κ1) is 34.4. The molecule has 0 aliphatic heterocycles. The fraction of sp³-hybridized carbons (Fsp3) is 0.0526. The molecule has 12 rings (SSSR count). The average Bonchev–Trinajstić information content (AvgIpc) is 3.79. The summed E-state index contributed by atoms with van der Waals surface area (Å²) in [5, 5.41) is 7.11. The van der Waals surface area contributed by atoms with E-state index in [0.29, 0.717) is 5.82 Å². The SMILES string of the molecule is CC1(C)c2cc3ccccc3cc2-c2c(-c3cc(-c4ccc5cc(-c6ccccc6-c6ccc7oc8ccccc8c7c6)ccc5c4)nc(-c4ccccc4)n3)cccc21. The van der Waals surface area contributed by atoms with E-state index in [1.165, 1.54) is 60.7 Å². The first-order chi connectivity index (χ1) is 29.5. The van der Waals surface area contributed by atoms with Gasteiger partial charge in [-0.3, -0.25) is 0 Å². The van der Waals surface area contributed by atoms with Gasteiger partial charge in [0.05, 0.1) is 11.4 Å². The van der Waals surface area contributed by atoms with Crippen LogP contribution in [0, 0.1) is 0 Å². The maximum absolute atomic E-state index is 6.15. The number of rotatable bonds is 5. The van der Waals surface area contributed by atoms with Crippen LogP contribution in [-0.2, 0) is 5.41 Å². The van der Waals surface area contributed by atoms with Gasteiger partial charge in [0.2, 0.25) is 0 Å². The van der Waals surface area contributed by atoms with Gasteiger partial charge >= 0.3 is 0 Å². The molecule has 9 aromatic carbocycles. The Hall–Kier alpha value is -7.62. The van der Waals surface area contributed by atoms with E-state index < -0.39 is 0 Å². The van der Waals surface area contributed by atoms with Gasteiger partial charge in [0.1, 0.15) is 11.2 Å². The number of hydrogen-bond donors (Lipinski definition) is 0. The highest BCUT2D eigenvalue weighted by Gasteiger charge is 2.37. The molecule has 0 amide bonds. The zero-order valence-corrected chi connectivity index (χ0v) is 33.3. The van der Waals surface area contributed by atoms with Gasteiger partial charge in [-0.2, -0.15) is 0 Å². The molecule has 0 N–H and O–H groups in total. The normalized spacial score (nSPS) is 13.0. The van der Waals surface area contributed by atoms with Crippen molar-refractivity contribution in [1.29, 1.82) is 0 Å². The lowest BCUT2D eigenvalue weighted by atomic mass is 9.81. The molecule has 282 valence electrons. The Kier molecular flexibility index (Phi) is 7.58. The minimum atomic E-state index is -0.150. The molecule has 1 aliphatic rings. The summed E-state index contributed by atoms with van der Waals surface area (Å²) in [4.78, 5) is 10.6. The summed E-state index contributed by atoms with van der Waals surface area (Å²) in [6.07, 6.45) is 0. The van der Waals surface area contributed by atoms with E-state index in [4.69, 9.17) is 14.4 Å². The average molecular weight is 767 g/mol. The van der Waals surface area contributed by atoms with Crippen molar-refractivity contribution in [2.75, 3.05) is 0 Å². The molecule has 0 saturated heterocycles. The van der Waals surface area contributed by atoms with Crippen LogP contribution in [0.25, 0.3) is 111 Å². The Morgan fingerprint density at radius 1 is 0.367 bits per heavy atom. The molecule has 0 unspecified atom stereocenters. The second-order valence-electron chi connectivity index (χ2n) is 16.6. The number of nitrogens with zero attached hydrogens (tertiary/aromatic N) is 2. The van der Waals surface area contributed by atoms with Crippen molar-refractivity contribution in [2.24, 2.45) is 0 Å². The summed E-state index contributed by atoms with van der Waals surface area (Å²) < 4.78 is 6.15. The third kappa shape index (κ3) is 5.43. The summed E-state index contributed by atoms with van der Waals surface area (Å²) in [6, 6.07) is 69.6.